The van der Waals surface area contributed by atoms with Gasteiger partial charge in [0.2, 0.25) is 0 Å². The van der Waals surface area contributed by atoms with Gasteiger partial charge in [0.25, 0.3) is 0 Å². The third kappa shape index (κ3) is 2.60. The molecule has 5 atom stereocenters. The topological polar surface area (TPSA) is 20.2 Å². The lowest BCUT2D eigenvalue weighted by molar-refractivity contribution is 0.263. The Morgan fingerprint density at radius 3 is 2.71 bits per heavy atom. The Kier molecular flexibility index (Phi) is 4.02. The van der Waals surface area contributed by atoms with E-state index in [-0.39, 0.29) is 0 Å². The number of hydrogen-bond donors (Lipinski definition) is 1. The van der Waals surface area contributed by atoms with Crippen LogP contribution in [0.3, 0.4) is 0 Å². The second-order valence-electron chi connectivity index (χ2n) is 7.81. The van der Waals surface area contributed by atoms with Gasteiger partial charge in [0, 0.05) is 10.2 Å². The van der Waals surface area contributed by atoms with Crippen LogP contribution in [0, 0.1) is 29.1 Å². The van der Waals surface area contributed by atoms with E-state index in [4.69, 9.17) is 0 Å². The maximum Gasteiger partial charge on any atom is 0.128 e. The van der Waals surface area contributed by atoms with Crippen LogP contribution in [0.1, 0.15) is 46.5 Å². The van der Waals surface area contributed by atoms with E-state index < -0.39 is 0 Å². The number of thioether (sulfide) groups is 1. The lowest BCUT2D eigenvalue weighted by Crippen LogP contribution is -2.29. The summed E-state index contributed by atoms with van der Waals surface area (Å²) in [4.78, 5) is 0.842. The fraction of sp³-hybridized carbons (Fsp3) is 0.684. The Balaban J connectivity index is 1.76. The molecule has 0 heterocycles. The molecule has 3 aliphatic rings. The number of fused-ring (bicyclic) bond motifs is 5. The van der Waals surface area contributed by atoms with Crippen LogP contribution in [-0.4, -0.2) is 10.4 Å². The van der Waals surface area contributed by atoms with Crippen LogP contribution in [0.4, 0.5) is 0 Å². The van der Waals surface area contributed by atoms with Crippen molar-refractivity contribution in [3.63, 3.8) is 0 Å². The van der Waals surface area contributed by atoms with Crippen molar-refractivity contribution in [2.24, 2.45) is 29.1 Å². The largest absolute Gasteiger partial charge is 0.507 e. The van der Waals surface area contributed by atoms with Crippen molar-refractivity contribution in [1.82, 2.24) is 0 Å². The predicted molar refractivity (Wildman–Crippen MR) is 92.3 cm³/mol. The molecular formula is C19H28OS. The zero-order valence-corrected chi connectivity index (χ0v) is 14.3. The van der Waals surface area contributed by atoms with Crippen LogP contribution >= 0.6 is 11.8 Å². The van der Waals surface area contributed by atoms with E-state index in [1.165, 1.54) is 25.7 Å². The molecule has 0 aliphatic heterocycles. The normalized spacial score (nSPS) is 40.9. The second kappa shape index (κ2) is 5.53. The molecule has 0 aromatic rings. The minimum atomic E-state index is 0.334. The molecule has 0 aromatic heterocycles. The van der Waals surface area contributed by atoms with Gasteiger partial charge in [0.05, 0.1) is 0 Å². The molecule has 3 aliphatic carbocycles. The van der Waals surface area contributed by atoms with E-state index in [0.717, 1.165) is 28.6 Å². The average molecular weight is 304 g/mol. The molecular weight excluding hydrogens is 276 g/mol. The zero-order valence-electron chi connectivity index (χ0n) is 13.5. The predicted octanol–water partition coefficient (Wildman–Crippen LogP) is 5.71. The van der Waals surface area contributed by atoms with Crippen molar-refractivity contribution < 1.29 is 5.11 Å². The van der Waals surface area contributed by atoms with Crippen LogP contribution in [0.25, 0.3) is 0 Å². The van der Waals surface area contributed by atoms with Gasteiger partial charge in [0.15, 0.2) is 0 Å². The Morgan fingerprint density at radius 2 is 2.00 bits per heavy atom. The van der Waals surface area contributed by atoms with Gasteiger partial charge < -0.3 is 5.11 Å². The smallest absolute Gasteiger partial charge is 0.128 e. The van der Waals surface area contributed by atoms with Crippen molar-refractivity contribution in [2.45, 2.75) is 51.7 Å². The minimum Gasteiger partial charge on any atom is -0.507 e. The van der Waals surface area contributed by atoms with Crippen LogP contribution in [-0.2, 0) is 0 Å². The van der Waals surface area contributed by atoms with E-state index in [1.54, 1.807) is 6.08 Å². The Morgan fingerprint density at radius 1 is 1.29 bits per heavy atom. The molecule has 0 aromatic carbocycles. The molecule has 3 rings (SSSR count). The third-order valence-corrected chi connectivity index (χ3v) is 7.74. The van der Waals surface area contributed by atoms with E-state index >= 15 is 0 Å². The first-order chi connectivity index (χ1) is 9.94. The molecule has 5 unspecified atom stereocenters. The van der Waals surface area contributed by atoms with Gasteiger partial charge in [-0.25, -0.2) is 0 Å². The molecule has 0 saturated heterocycles. The van der Waals surface area contributed by atoms with Crippen molar-refractivity contribution in [1.29, 1.82) is 0 Å². The molecule has 116 valence electrons. The summed E-state index contributed by atoms with van der Waals surface area (Å²) in [5.74, 6) is 4.06. The summed E-state index contributed by atoms with van der Waals surface area (Å²) in [5.41, 5.74) is 0.366. The molecule has 3 saturated carbocycles. The summed E-state index contributed by atoms with van der Waals surface area (Å²) in [6, 6.07) is 0. The van der Waals surface area contributed by atoms with E-state index in [0.29, 0.717) is 16.4 Å². The zero-order chi connectivity index (χ0) is 15.2. The van der Waals surface area contributed by atoms with Crippen molar-refractivity contribution in [3.05, 3.63) is 35.5 Å². The van der Waals surface area contributed by atoms with Crippen molar-refractivity contribution in [2.75, 3.05) is 0 Å². The first-order valence-electron chi connectivity index (χ1n) is 8.32. The van der Waals surface area contributed by atoms with Crippen molar-refractivity contribution >= 4 is 11.8 Å². The minimum absolute atomic E-state index is 0.334. The molecule has 2 bridgehead atoms. The van der Waals surface area contributed by atoms with E-state index in [2.05, 4.69) is 20.4 Å². The highest BCUT2D eigenvalue weighted by Gasteiger charge is 2.59. The lowest BCUT2D eigenvalue weighted by atomic mass is 9.82. The van der Waals surface area contributed by atoms with E-state index in [9.17, 15) is 5.11 Å². The summed E-state index contributed by atoms with van der Waals surface area (Å²) in [7, 11) is 0. The first kappa shape index (κ1) is 15.3. The number of aliphatic hydroxyl groups is 1. The van der Waals surface area contributed by atoms with Crippen LogP contribution in [0.15, 0.2) is 35.5 Å². The van der Waals surface area contributed by atoms with Gasteiger partial charge in [-0.05, 0) is 67.8 Å². The summed E-state index contributed by atoms with van der Waals surface area (Å²) >= 11 is 1.84. The van der Waals surface area contributed by atoms with Crippen molar-refractivity contribution in [3.8, 4) is 0 Å². The number of rotatable bonds is 4. The maximum absolute atomic E-state index is 10.1. The molecule has 0 radical (unpaired) electrons. The monoisotopic (exact) mass is 304 g/mol. The van der Waals surface area contributed by atoms with Crippen LogP contribution < -0.4 is 0 Å². The number of hydrogen-bond acceptors (Lipinski definition) is 2. The number of aliphatic hydroxyl groups excluding tert-OH is 1. The Hall–Kier alpha value is -0.630. The third-order valence-electron chi connectivity index (χ3n) is 6.04. The number of allylic oxidation sites excluding steroid dienone is 3. The van der Waals surface area contributed by atoms with Gasteiger partial charge in [-0.1, -0.05) is 32.6 Å². The molecule has 2 heteroatoms. The molecule has 0 spiro atoms. The molecule has 3 fully saturated rings. The standard InChI is InChI=1S/C19H28OS/c1-5-6-7-16(20)12(2)21-18-17-14-9-8-13(10-14)15(17)11-19(18,3)4/h5-7,13-15,17-18,20H,2,8-11H2,1,3-4H3/b6-5-,16-7+. The van der Waals surface area contributed by atoms with Gasteiger partial charge >= 0.3 is 0 Å². The molecule has 1 nitrogen and oxygen atoms in total. The highest BCUT2D eigenvalue weighted by atomic mass is 32.2. The summed E-state index contributed by atoms with van der Waals surface area (Å²) in [5, 5.41) is 10.8. The first-order valence-corrected chi connectivity index (χ1v) is 9.20. The maximum atomic E-state index is 10.1. The summed E-state index contributed by atoms with van der Waals surface area (Å²) < 4.78 is 0. The second-order valence-corrected chi connectivity index (χ2v) is 9.04. The highest BCUT2D eigenvalue weighted by Crippen LogP contribution is 2.66. The SMILES string of the molecule is C=C(SC1C2C3CCC(C3)C2CC1(C)C)/C(O)=C\C=C/C. The molecule has 21 heavy (non-hydrogen) atoms. The van der Waals surface area contributed by atoms with Crippen LogP contribution in [0.2, 0.25) is 0 Å². The quantitative estimate of drug-likeness (QED) is 0.530. The van der Waals surface area contributed by atoms with Crippen LogP contribution in [0.5, 0.6) is 0 Å². The fourth-order valence-corrected chi connectivity index (χ4v) is 6.70. The van der Waals surface area contributed by atoms with Gasteiger partial charge in [0.1, 0.15) is 5.76 Å². The Bertz CT molecular complexity index is 488. The van der Waals surface area contributed by atoms with Gasteiger partial charge in [-0.3, -0.25) is 0 Å². The Labute approximate surface area is 133 Å². The average Bonchev–Trinajstić information content (AvgIpc) is 3.08. The molecule has 1 N–H and O–H groups in total. The highest BCUT2D eigenvalue weighted by molar-refractivity contribution is 8.03. The van der Waals surface area contributed by atoms with E-state index in [1.807, 2.05) is 30.8 Å². The molecule has 0 amide bonds. The summed E-state index contributed by atoms with van der Waals surface area (Å²) in [6.45, 7) is 10.9. The fourth-order valence-electron chi connectivity index (χ4n) is 5.21. The van der Waals surface area contributed by atoms with Gasteiger partial charge in [-0.15, -0.1) is 11.8 Å². The lowest BCUT2D eigenvalue weighted by Gasteiger charge is -2.33. The summed E-state index contributed by atoms with van der Waals surface area (Å²) in [6.07, 6.45) is 11.3. The van der Waals surface area contributed by atoms with Gasteiger partial charge in [-0.2, -0.15) is 0 Å².